The third kappa shape index (κ3) is 4.52. The van der Waals surface area contributed by atoms with Crippen LogP contribution >= 0.6 is 0 Å². The Morgan fingerprint density at radius 1 is 1.11 bits per heavy atom. The first kappa shape index (κ1) is 20.7. The summed E-state index contributed by atoms with van der Waals surface area (Å²) in [4.78, 5) is 6.58. The molecule has 1 aliphatic rings. The molecular weight excluding hydrogens is 382 g/mol. The first-order valence-electron chi connectivity index (χ1n) is 9.42. The Kier molecular flexibility index (Phi) is 6.65. The predicted octanol–water partition coefficient (Wildman–Crippen LogP) is 1.45. The van der Waals surface area contributed by atoms with E-state index in [2.05, 4.69) is 15.0 Å². The van der Waals surface area contributed by atoms with Gasteiger partial charge in [-0.2, -0.15) is 22.0 Å². The SMILES string of the molecule is CCN(CC)S(=O)(=O)N1CCN(Cc2nc(-c3ccc(OC)cc3)no2)CC1. The lowest BCUT2D eigenvalue weighted by molar-refractivity contribution is 0.158. The zero-order valence-electron chi connectivity index (χ0n) is 16.5. The Balaban J connectivity index is 1.57. The third-order valence-electron chi connectivity index (χ3n) is 4.86. The van der Waals surface area contributed by atoms with Crippen molar-refractivity contribution in [2.24, 2.45) is 0 Å². The standard InChI is InChI=1S/C18H27N5O4S/c1-4-22(5-2)28(24,25)23-12-10-21(11-13-23)14-17-19-18(20-27-17)15-6-8-16(26-3)9-7-15/h6-9H,4-5,10-14H2,1-3H3. The van der Waals surface area contributed by atoms with Crippen LogP contribution in [0.5, 0.6) is 5.75 Å². The zero-order chi connectivity index (χ0) is 20.1. The highest BCUT2D eigenvalue weighted by atomic mass is 32.2. The van der Waals surface area contributed by atoms with E-state index in [9.17, 15) is 8.42 Å². The summed E-state index contributed by atoms with van der Waals surface area (Å²) in [5.74, 6) is 1.82. The minimum absolute atomic E-state index is 0.457. The number of hydrogen-bond donors (Lipinski definition) is 0. The van der Waals surface area contributed by atoms with E-state index < -0.39 is 10.2 Å². The minimum atomic E-state index is -3.38. The van der Waals surface area contributed by atoms with Crippen LogP contribution in [0, 0.1) is 0 Å². The summed E-state index contributed by atoms with van der Waals surface area (Å²) < 4.78 is 38.8. The van der Waals surface area contributed by atoms with Crippen molar-refractivity contribution < 1.29 is 17.7 Å². The summed E-state index contributed by atoms with van der Waals surface area (Å²) in [6.07, 6.45) is 0. The van der Waals surface area contributed by atoms with Crippen molar-refractivity contribution >= 4 is 10.2 Å². The number of nitrogens with zero attached hydrogens (tertiary/aromatic N) is 5. The van der Waals surface area contributed by atoms with Crippen LogP contribution in [0.25, 0.3) is 11.4 Å². The van der Waals surface area contributed by atoms with Crippen LogP contribution in [0.3, 0.4) is 0 Å². The smallest absolute Gasteiger partial charge is 0.282 e. The summed E-state index contributed by atoms with van der Waals surface area (Å²) >= 11 is 0. The molecule has 3 rings (SSSR count). The lowest BCUT2D eigenvalue weighted by Gasteiger charge is -2.35. The predicted molar refractivity (Wildman–Crippen MR) is 105 cm³/mol. The number of rotatable bonds is 8. The zero-order valence-corrected chi connectivity index (χ0v) is 17.4. The quantitative estimate of drug-likeness (QED) is 0.651. The van der Waals surface area contributed by atoms with Crippen LogP contribution in [0.4, 0.5) is 0 Å². The van der Waals surface area contributed by atoms with Gasteiger partial charge in [-0.15, -0.1) is 0 Å². The normalized spacial score (nSPS) is 16.6. The van der Waals surface area contributed by atoms with Gasteiger partial charge < -0.3 is 9.26 Å². The van der Waals surface area contributed by atoms with Gasteiger partial charge in [0.05, 0.1) is 13.7 Å². The molecule has 0 saturated carbocycles. The van der Waals surface area contributed by atoms with Crippen molar-refractivity contribution in [3.8, 4) is 17.1 Å². The van der Waals surface area contributed by atoms with Gasteiger partial charge in [0.2, 0.25) is 11.7 Å². The molecule has 1 aliphatic heterocycles. The highest BCUT2D eigenvalue weighted by molar-refractivity contribution is 7.86. The Morgan fingerprint density at radius 2 is 1.75 bits per heavy atom. The molecule has 0 aliphatic carbocycles. The van der Waals surface area contributed by atoms with Crippen LogP contribution in [-0.2, 0) is 16.8 Å². The molecule has 28 heavy (non-hydrogen) atoms. The van der Waals surface area contributed by atoms with Crippen LogP contribution < -0.4 is 4.74 Å². The molecule has 1 aromatic carbocycles. The third-order valence-corrected chi connectivity index (χ3v) is 7.05. The number of ether oxygens (including phenoxy) is 1. The largest absolute Gasteiger partial charge is 0.497 e. The van der Waals surface area contributed by atoms with Gasteiger partial charge in [-0.3, -0.25) is 4.90 Å². The van der Waals surface area contributed by atoms with E-state index in [1.807, 2.05) is 38.1 Å². The van der Waals surface area contributed by atoms with Gasteiger partial charge in [0.25, 0.3) is 10.2 Å². The molecule has 0 amide bonds. The molecule has 0 N–H and O–H groups in total. The molecule has 0 atom stereocenters. The van der Waals surface area contributed by atoms with Gasteiger partial charge in [0.15, 0.2) is 0 Å². The van der Waals surface area contributed by atoms with Gasteiger partial charge in [0.1, 0.15) is 5.75 Å². The van der Waals surface area contributed by atoms with E-state index in [1.54, 1.807) is 11.4 Å². The van der Waals surface area contributed by atoms with Crippen LogP contribution in [0.2, 0.25) is 0 Å². The molecule has 1 aromatic heterocycles. The van der Waals surface area contributed by atoms with E-state index in [4.69, 9.17) is 9.26 Å². The molecule has 0 unspecified atom stereocenters. The minimum Gasteiger partial charge on any atom is -0.497 e. The first-order chi connectivity index (χ1) is 13.5. The van der Waals surface area contributed by atoms with Gasteiger partial charge in [-0.1, -0.05) is 19.0 Å². The van der Waals surface area contributed by atoms with E-state index in [0.29, 0.717) is 57.5 Å². The second-order valence-electron chi connectivity index (χ2n) is 6.51. The summed E-state index contributed by atoms with van der Waals surface area (Å²) in [5, 5.41) is 4.04. The summed E-state index contributed by atoms with van der Waals surface area (Å²) in [6.45, 7) is 7.34. The molecule has 2 heterocycles. The number of benzene rings is 1. The second kappa shape index (κ2) is 8.99. The van der Waals surface area contributed by atoms with Crippen LogP contribution in [0.1, 0.15) is 19.7 Å². The van der Waals surface area contributed by atoms with E-state index in [-0.39, 0.29) is 0 Å². The molecule has 0 spiro atoms. The molecule has 10 heteroatoms. The maximum absolute atomic E-state index is 12.6. The van der Waals surface area contributed by atoms with Crippen molar-refractivity contribution in [1.82, 2.24) is 23.7 Å². The van der Waals surface area contributed by atoms with Gasteiger partial charge in [0, 0.05) is 44.8 Å². The molecular formula is C18H27N5O4S. The topological polar surface area (TPSA) is 92.0 Å². The number of methoxy groups -OCH3 is 1. The van der Waals surface area contributed by atoms with Crippen molar-refractivity contribution in [2.45, 2.75) is 20.4 Å². The number of piperazine rings is 1. The maximum atomic E-state index is 12.6. The average Bonchev–Trinajstić information content (AvgIpc) is 3.17. The van der Waals surface area contributed by atoms with Crippen LogP contribution in [-0.4, -0.2) is 78.4 Å². The summed E-state index contributed by atoms with van der Waals surface area (Å²) in [7, 11) is -1.76. The van der Waals surface area contributed by atoms with Crippen LogP contribution in [0.15, 0.2) is 28.8 Å². The fourth-order valence-corrected chi connectivity index (χ4v) is 4.80. The molecule has 2 aromatic rings. The average molecular weight is 410 g/mol. The molecule has 1 saturated heterocycles. The molecule has 0 radical (unpaired) electrons. The van der Waals surface area contributed by atoms with E-state index in [1.165, 1.54) is 4.31 Å². The highest BCUT2D eigenvalue weighted by Gasteiger charge is 2.31. The monoisotopic (exact) mass is 409 g/mol. The van der Waals surface area contributed by atoms with E-state index in [0.717, 1.165) is 11.3 Å². The fourth-order valence-electron chi connectivity index (χ4n) is 3.20. The first-order valence-corrected chi connectivity index (χ1v) is 10.8. The van der Waals surface area contributed by atoms with Gasteiger partial charge >= 0.3 is 0 Å². The summed E-state index contributed by atoms with van der Waals surface area (Å²) in [6, 6.07) is 7.45. The Labute approximate surface area is 166 Å². The molecule has 9 nitrogen and oxygen atoms in total. The van der Waals surface area contributed by atoms with E-state index >= 15 is 0 Å². The fraction of sp³-hybridized carbons (Fsp3) is 0.556. The Hall–Kier alpha value is -2.01. The van der Waals surface area contributed by atoms with Crippen molar-refractivity contribution in [2.75, 3.05) is 46.4 Å². The molecule has 154 valence electrons. The lowest BCUT2D eigenvalue weighted by Crippen LogP contribution is -2.52. The molecule has 0 bridgehead atoms. The van der Waals surface area contributed by atoms with Crippen molar-refractivity contribution in [1.29, 1.82) is 0 Å². The lowest BCUT2D eigenvalue weighted by atomic mass is 10.2. The van der Waals surface area contributed by atoms with Gasteiger partial charge in [-0.05, 0) is 24.3 Å². The highest BCUT2D eigenvalue weighted by Crippen LogP contribution is 2.20. The van der Waals surface area contributed by atoms with Crippen molar-refractivity contribution in [3.63, 3.8) is 0 Å². The number of aromatic nitrogens is 2. The Bertz CT molecular complexity index is 856. The Morgan fingerprint density at radius 3 is 2.32 bits per heavy atom. The maximum Gasteiger partial charge on any atom is 0.282 e. The van der Waals surface area contributed by atoms with Gasteiger partial charge in [-0.25, -0.2) is 0 Å². The number of hydrogen-bond acceptors (Lipinski definition) is 7. The summed E-state index contributed by atoms with van der Waals surface area (Å²) in [5.41, 5.74) is 0.853. The molecule has 1 fully saturated rings. The second-order valence-corrected chi connectivity index (χ2v) is 8.44. The van der Waals surface area contributed by atoms with Crippen molar-refractivity contribution in [3.05, 3.63) is 30.2 Å².